The van der Waals surface area contributed by atoms with E-state index in [1.165, 1.54) is 11.3 Å². The van der Waals surface area contributed by atoms with Crippen LogP contribution in [0.5, 0.6) is 0 Å². The normalized spacial score (nSPS) is 10.6. The minimum atomic E-state index is -1.08. The Hall–Kier alpha value is -1.89. The number of nitrogens with zero attached hydrogens (tertiary/aromatic N) is 2. The van der Waals surface area contributed by atoms with E-state index in [0.29, 0.717) is 11.5 Å². The highest BCUT2D eigenvalue weighted by molar-refractivity contribution is 5.72. The minimum Gasteiger partial charge on any atom is -0.480 e. The second kappa shape index (κ2) is 5.26. The van der Waals surface area contributed by atoms with Gasteiger partial charge in [-0.3, -0.25) is 14.5 Å². The summed E-state index contributed by atoms with van der Waals surface area (Å²) in [7, 11) is 0. The molecule has 0 unspecified atom stereocenters. The van der Waals surface area contributed by atoms with Crippen LogP contribution in [0, 0.1) is 6.92 Å². The summed E-state index contributed by atoms with van der Waals surface area (Å²) in [5.74, 6) is -1.61. The van der Waals surface area contributed by atoms with E-state index < -0.39 is 11.9 Å². The summed E-state index contributed by atoms with van der Waals surface area (Å²) < 4.78 is 4.94. The maximum absolute atomic E-state index is 10.5. The summed E-state index contributed by atoms with van der Waals surface area (Å²) in [5, 5.41) is 17.2. The second-order valence-electron chi connectivity index (χ2n) is 3.29. The van der Waals surface area contributed by atoms with Crippen LogP contribution in [0.15, 0.2) is 10.8 Å². The maximum Gasteiger partial charge on any atom is 0.317 e. The van der Waals surface area contributed by atoms with Crippen LogP contribution in [0.4, 0.5) is 0 Å². The number of carboxylic acids is 2. The molecule has 88 valence electrons. The topological polar surface area (TPSA) is 104 Å². The first kappa shape index (κ1) is 12.2. The van der Waals surface area contributed by atoms with Gasteiger partial charge in [0.15, 0.2) is 6.39 Å². The number of hydrogen-bond acceptors (Lipinski definition) is 5. The molecule has 1 heterocycles. The van der Waals surface area contributed by atoms with Crippen molar-refractivity contribution >= 4 is 11.9 Å². The van der Waals surface area contributed by atoms with Gasteiger partial charge < -0.3 is 14.6 Å². The molecule has 2 N–H and O–H groups in total. The summed E-state index contributed by atoms with van der Waals surface area (Å²) in [6.45, 7) is 1.13. The fraction of sp³-hybridized carbons (Fsp3) is 0.444. The van der Waals surface area contributed by atoms with Crippen molar-refractivity contribution in [3.05, 3.63) is 17.8 Å². The molecule has 0 fully saturated rings. The van der Waals surface area contributed by atoms with E-state index in [-0.39, 0.29) is 19.6 Å². The fourth-order valence-electron chi connectivity index (χ4n) is 1.24. The van der Waals surface area contributed by atoms with Crippen LogP contribution < -0.4 is 0 Å². The quantitative estimate of drug-likeness (QED) is 0.703. The number of rotatable bonds is 6. The number of oxazole rings is 1. The van der Waals surface area contributed by atoms with Crippen molar-refractivity contribution in [1.29, 1.82) is 0 Å². The van der Waals surface area contributed by atoms with Crippen LogP contribution in [0.3, 0.4) is 0 Å². The lowest BCUT2D eigenvalue weighted by Gasteiger charge is -2.16. The molecule has 0 spiro atoms. The molecule has 0 saturated heterocycles. The van der Waals surface area contributed by atoms with Crippen molar-refractivity contribution in [2.75, 3.05) is 13.1 Å². The van der Waals surface area contributed by atoms with Crippen molar-refractivity contribution < 1.29 is 24.2 Å². The largest absolute Gasteiger partial charge is 0.480 e. The van der Waals surface area contributed by atoms with E-state index in [4.69, 9.17) is 14.6 Å². The number of hydrogen-bond donors (Lipinski definition) is 2. The summed E-state index contributed by atoms with van der Waals surface area (Å²) in [5.41, 5.74) is 0.544. The molecule has 0 aliphatic heterocycles. The Morgan fingerprint density at radius 2 is 1.94 bits per heavy atom. The zero-order chi connectivity index (χ0) is 12.1. The van der Waals surface area contributed by atoms with Crippen LogP contribution in [0.2, 0.25) is 0 Å². The lowest BCUT2D eigenvalue weighted by Crippen LogP contribution is -2.34. The number of aliphatic carboxylic acids is 2. The molecule has 0 radical (unpaired) electrons. The van der Waals surface area contributed by atoms with Gasteiger partial charge in [0, 0.05) is 6.54 Å². The van der Waals surface area contributed by atoms with Crippen molar-refractivity contribution in [3.8, 4) is 0 Å². The van der Waals surface area contributed by atoms with Gasteiger partial charge in [-0.25, -0.2) is 4.98 Å². The second-order valence-corrected chi connectivity index (χ2v) is 3.29. The van der Waals surface area contributed by atoms with Gasteiger partial charge in [0.2, 0.25) is 0 Å². The van der Waals surface area contributed by atoms with Gasteiger partial charge in [-0.2, -0.15) is 0 Å². The minimum absolute atomic E-state index is 0.140. The fourth-order valence-corrected chi connectivity index (χ4v) is 1.24. The third-order valence-electron chi connectivity index (χ3n) is 1.94. The molecule has 7 nitrogen and oxygen atoms in total. The molecule has 0 atom stereocenters. The third kappa shape index (κ3) is 3.70. The molecule has 1 rings (SSSR count). The molecular formula is C9H12N2O5. The van der Waals surface area contributed by atoms with E-state index in [1.807, 2.05) is 0 Å². The van der Waals surface area contributed by atoms with E-state index in [2.05, 4.69) is 4.98 Å². The molecule has 0 amide bonds. The van der Waals surface area contributed by atoms with E-state index in [0.717, 1.165) is 0 Å². The highest BCUT2D eigenvalue weighted by atomic mass is 16.4. The molecule has 0 aliphatic rings. The van der Waals surface area contributed by atoms with Crippen molar-refractivity contribution in [2.45, 2.75) is 13.5 Å². The van der Waals surface area contributed by atoms with Gasteiger partial charge in [0.05, 0.1) is 18.8 Å². The van der Waals surface area contributed by atoms with Crippen LogP contribution in [-0.4, -0.2) is 45.1 Å². The predicted molar refractivity (Wildman–Crippen MR) is 51.8 cm³/mol. The lowest BCUT2D eigenvalue weighted by atomic mass is 10.3. The van der Waals surface area contributed by atoms with Crippen LogP contribution >= 0.6 is 0 Å². The zero-order valence-corrected chi connectivity index (χ0v) is 8.71. The summed E-state index contributed by atoms with van der Waals surface area (Å²) >= 11 is 0. The van der Waals surface area contributed by atoms with E-state index in [1.54, 1.807) is 6.92 Å². The third-order valence-corrected chi connectivity index (χ3v) is 1.94. The van der Waals surface area contributed by atoms with Crippen LogP contribution in [0.25, 0.3) is 0 Å². The summed E-state index contributed by atoms with van der Waals surface area (Å²) in [4.78, 5) is 26.2. The van der Waals surface area contributed by atoms with Gasteiger partial charge in [0.1, 0.15) is 5.76 Å². The standard InChI is InChI=1S/C9H12N2O5/c1-6-7(10-5-16-6)2-11(3-8(12)13)4-9(14)15/h5H,2-4H2,1H3,(H,12,13)(H,14,15). The van der Waals surface area contributed by atoms with Crippen LogP contribution in [-0.2, 0) is 16.1 Å². The van der Waals surface area contributed by atoms with E-state index >= 15 is 0 Å². The van der Waals surface area contributed by atoms with Crippen molar-refractivity contribution in [1.82, 2.24) is 9.88 Å². The first-order valence-corrected chi connectivity index (χ1v) is 4.54. The molecular weight excluding hydrogens is 216 g/mol. The average molecular weight is 228 g/mol. The molecule has 0 bridgehead atoms. The predicted octanol–water partition coefficient (Wildman–Crippen LogP) is -0.0458. The van der Waals surface area contributed by atoms with Crippen LogP contribution in [0.1, 0.15) is 11.5 Å². The SMILES string of the molecule is Cc1ocnc1CN(CC(=O)O)CC(=O)O. The molecule has 7 heteroatoms. The Morgan fingerprint density at radius 1 is 1.38 bits per heavy atom. The number of aromatic nitrogens is 1. The summed E-state index contributed by atoms with van der Waals surface area (Å²) in [6.07, 6.45) is 1.24. The average Bonchev–Trinajstić information content (AvgIpc) is 2.49. The number of carbonyl (C=O) groups is 2. The Kier molecular flexibility index (Phi) is 4.01. The van der Waals surface area contributed by atoms with Gasteiger partial charge in [-0.15, -0.1) is 0 Å². The van der Waals surface area contributed by atoms with Crippen molar-refractivity contribution in [3.63, 3.8) is 0 Å². The van der Waals surface area contributed by atoms with Gasteiger partial charge in [-0.1, -0.05) is 0 Å². The Bertz CT molecular complexity index is 371. The molecule has 1 aromatic heterocycles. The van der Waals surface area contributed by atoms with Crippen molar-refractivity contribution in [2.24, 2.45) is 0 Å². The van der Waals surface area contributed by atoms with E-state index in [9.17, 15) is 9.59 Å². The Morgan fingerprint density at radius 3 is 2.31 bits per heavy atom. The molecule has 0 aliphatic carbocycles. The molecule has 1 aromatic rings. The molecule has 16 heavy (non-hydrogen) atoms. The zero-order valence-electron chi connectivity index (χ0n) is 8.71. The Balaban J connectivity index is 2.66. The number of aryl methyl sites for hydroxylation is 1. The Labute approximate surface area is 91.3 Å². The number of carboxylic acid groups (broad SMARTS) is 2. The van der Waals surface area contributed by atoms with Gasteiger partial charge in [-0.05, 0) is 6.92 Å². The first-order chi connectivity index (χ1) is 7.49. The monoisotopic (exact) mass is 228 g/mol. The maximum atomic E-state index is 10.5. The molecule has 0 saturated carbocycles. The summed E-state index contributed by atoms with van der Waals surface area (Å²) in [6, 6.07) is 0. The first-order valence-electron chi connectivity index (χ1n) is 4.54. The highest BCUT2D eigenvalue weighted by Gasteiger charge is 2.16. The molecule has 0 aromatic carbocycles. The van der Waals surface area contributed by atoms with Gasteiger partial charge in [0.25, 0.3) is 0 Å². The smallest absolute Gasteiger partial charge is 0.317 e. The van der Waals surface area contributed by atoms with Gasteiger partial charge >= 0.3 is 11.9 Å². The highest BCUT2D eigenvalue weighted by Crippen LogP contribution is 2.07. The lowest BCUT2D eigenvalue weighted by molar-refractivity contribution is -0.142.